The molecule has 1 fully saturated rings. The van der Waals surface area contributed by atoms with Gasteiger partial charge in [-0.25, -0.2) is 0 Å². The number of carboxylic acid groups (broad SMARTS) is 1. The second-order valence-electron chi connectivity index (χ2n) is 4.50. The highest BCUT2D eigenvalue weighted by atomic mass is 16.7. The Labute approximate surface area is 106 Å². The minimum atomic E-state index is -1.08. The molecular formula is C13H17NO4. The Kier molecular flexibility index (Phi) is 3.54. The number of benzene rings is 1. The van der Waals surface area contributed by atoms with E-state index in [1.54, 1.807) is 6.07 Å². The van der Waals surface area contributed by atoms with Crippen LogP contribution in [0.1, 0.15) is 17.5 Å². The predicted octanol–water partition coefficient (Wildman–Crippen LogP) is 1.34. The second-order valence-corrected chi connectivity index (χ2v) is 4.50. The van der Waals surface area contributed by atoms with E-state index in [9.17, 15) is 4.79 Å². The number of nitrogens with two attached hydrogens (primary N) is 1. The lowest BCUT2D eigenvalue weighted by Crippen LogP contribution is -2.36. The molecule has 1 aromatic carbocycles. The Bertz CT molecular complexity index is 432. The Morgan fingerprint density at radius 2 is 2.11 bits per heavy atom. The molecular weight excluding hydrogens is 234 g/mol. The van der Waals surface area contributed by atoms with Crippen molar-refractivity contribution >= 4 is 11.7 Å². The number of nitrogen functional groups attached to an aromatic ring is 1. The minimum absolute atomic E-state index is 0.180. The average molecular weight is 251 g/mol. The van der Waals surface area contributed by atoms with Crippen molar-refractivity contribution in [1.82, 2.24) is 0 Å². The van der Waals surface area contributed by atoms with Crippen molar-refractivity contribution in [2.45, 2.75) is 25.6 Å². The van der Waals surface area contributed by atoms with Crippen LogP contribution in [0.3, 0.4) is 0 Å². The van der Waals surface area contributed by atoms with E-state index in [1.165, 1.54) is 0 Å². The molecule has 0 atom stereocenters. The van der Waals surface area contributed by atoms with E-state index in [0.29, 0.717) is 25.3 Å². The summed E-state index contributed by atoms with van der Waals surface area (Å²) < 4.78 is 11.0. The van der Waals surface area contributed by atoms with Crippen LogP contribution in [0.4, 0.5) is 5.69 Å². The SMILES string of the molecule is Cc1cccc(N)c1CC1(CC(=O)O)OCCO1. The number of anilines is 1. The first kappa shape index (κ1) is 12.9. The third kappa shape index (κ3) is 2.63. The predicted molar refractivity (Wildman–Crippen MR) is 66.2 cm³/mol. The van der Waals surface area contributed by atoms with Gasteiger partial charge in [-0.1, -0.05) is 12.1 Å². The van der Waals surface area contributed by atoms with Crippen molar-refractivity contribution in [1.29, 1.82) is 0 Å². The quantitative estimate of drug-likeness (QED) is 0.789. The molecule has 0 amide bonds. The van der Waals surface area contributed by atoms with Crippen LogP contribution in [0.5, 0.6) is 0 Å². The molecule has 0 aromatic heterocycles. The second kappa shape index (κ2) is 4.96. The molecule has 5 heteroatoms. The highest BCUT2D eigenvalue weighted by Gasteiger charge is 2.39. The Hall–Kier alpha value is -1.59. The van der Waals surface area contributed by atoms with Gasteiger partial charge in [0, 0.05) is 12.1 Å². The molecule has 98 valence electrons. The van der Waals surface area contributed by atoms with Gasteiger partial charge >= 0.3 is 5.97 Å². The normalized spacial score (nSPS) is 17.8. The first-order valence-electron chi connectivity index (χ1n) is 5.86. The smallest absolute Gasteiger partial charge is 0.308 e. The lowest BCUT2D eigenvalue weighted by atomic mass is 9.96. The van der Waals surface area contributed by atoms with Gasteiger partial charge in [0.2, 0.25) is 0 Å². The van der Waals surface area contributed by atoms with Gasteiger partial charge in [0.15, 0.2) is 5.79 Å². The summed E-state index contributed by atoms with van der Waals surface area (Å²) in [5, 5.41) is 8.96. The van der Waals surface area contributed by atoms with Crippen LogP contribution in [-0.4, -0.2) is 30.1 Å². The molecule has 1 aliphatic rings. The van der Waals surface area contributed by atoms with E-state index < -0.39 is 11.8 Å². The zero-order chi connectivity index (χ0) is 13.2. The summed E-state index contributed by atoms with van der Waals surface area (Å²) in [5.41, 5.74) is 8.47. The topological polar surface area (TPSA) is 81.8 Å². The summed E-state index contributed by atoms with van der Waals surface area (Å²) in [5.74, 6) is -2.02. The molecule has 3 N–H and O–H groups in total. The van der Waals surface area contributed by atoms with Crippen LogP contribution in [-0.2, 0) is 20.7 Å². The van der Waals surface area contributed by atoms with Crippen molar-refractivity contribution in [3.63, 3.8) is 0 Å². The van der Waals surface area contributed by atoms with Gasteiger partial charge in [0.25, 0.3) is 0 Å². The lowest BCUT2D eigenvalue weighted by molar-refractivity contribution is -0.178. The zero-order valence-corrected chi connectivity index (χ0v) is 10.3. The molecule has 18 heavy (non-hydrogen) atoms. The Balaban J connectivity index is 2.26. The van der Waals surface area contributed by atoms with Crippen LogP contribution in [0.2, 0.25) is 0 Å². The van der Waals surface area contributed by atoms with Gasteiger partial charge in [0.1, 0.15) is 0 Å². The molecule has 1 aromatic rings. The number of aryl methyl sites for hydroxylation is 1. The maximum Gasteiger partial charge on any atom is 0.308 e. The largest absolute Gasteiger partial charge is 0.481 e. The first-order valence-corrected chi connectivity index (χ1v) is 5.86. The van der Waals surface area contributed by atoms with E-state index in [0.717, 1.165) is 11.1 Å². The fraction of sp³-hybridized carbons (Fsp3) is 0.462. The van der Waals surface area contributed by atoms with E-state index in [-0.39, 0.29) is 6.42 Å². The molecule has 1 heterocycles. The van der Waals surface area contributed by atoms with Crippen molar-refractivity contribution in [2.24, 2.45) is 0 Å². The van der Waals surface area contributed by atoms with Gasteiger partial charge in [-0.15, -0.1) is 0 Å². The van der Waals surface area contributed by atoms with Gasteiger partial charge in [-0.3, -0.25) is 4.79 Å². The number of aliphatic carboxylic acids is 1. The van der Waals surface area contributed by atoms with Crippen LogP contribution < -0.4 is 5.73 Å². The maximum absolute atomic E-state index is 10.9. The van der Waals surface area contributed by atoms with Crippen molar-refractivity contribution in [3.8, 4) is 0 Å². The first-order chi connectivity index (χ1) is 8.52. The van der Waals surface area contributed by atoms with Gasteiger partial charge < -0.3 is 20.3 Å². The standard InChI is InChI=1S/C13H17NO4/c1-9-3-2-4-11(14)10(9)7-13(8-12(15)16)17-5-6-18-13/h2-4H,5-8,14H2,1H3,(H,15,16). The van der Waals surface area contributed by atoms with Crippen molar-refractivity contribution in [3.05, 3.63) is 29.3 Å². The highest BCUT2D eigenvalue weighted by molar-refractivity contribution is 5.68. The third-order valence-electron chi connectivity index (χ3n) is 3.13. The lowest BCUT2D eigenvalue weighted by Gasteiger charge is -2.27. The Morgan fingerprint density at radius 3 is 2.67 bits per heavy atom. The molecule has 1 saturated heterocycles. The summed E-state index contributed by atoms with van der Waals surface area (Å²) in [6.45, 7) is 2.77. The number of carboxylic acids is 1. The Morgan fingerprint density at radius 1 is 1.44 bits per heavy atom. The number of rotatable bonds is 4. The molecule has 0 bridgehead atoms. The monoisotopic (exact) mass is 251 g/mol. The molecule has 0 spiro atoms. The summed E-state index contributed by atoms with van der Waals surface area (Å²) in [6, 6.07) is 5.61. The van der Waals surface area contributed by atoms with Crippen LogP contribution >= 0.6 is 0 Å². The fourth-order valence-corrected chi connectivity index (χ4v) is 2.23. The van der Waals surface area contributed by atoms with Crippen molar-refractivity contribution in [2.75, 3.05) is 18.9 Å². The number of hydrogen-bond donors (Lipinski definition) is 2. The summed E-state index contributed by atoms with van der Waals surface area (Å²) in [4.78, 5) is 10.9. The molecule has 1 aliphatic heterocycles. The highest BCUT2D eigenvalue weighted by Crippen LogP contribution is 2.31. The summed E-state index contributed by atoms with van der Waals surface area (Å²) >= 11 is 0. The van der Waals surface area contributed by atoms with E-state index >= 15 is 0 Å². The molecule has 5 nitrogen and oxygen atoms in total. The van der Waals surface area contributed by atoms with Crippen LogP contribution in [0.25, 0.3) is 0 Å². The zero-order valence-electron chi connectivity index (χ0n) is 10.3. The summed E-state index contributed by atoms with van der Waals surface area (Å²) in [6.07, 6.45) is 0.179. The molecule has 2 rings (SSSR count). The van der Waals surface area contributed by atoms with E-state index in [4.69, 9.17) is 20.3 Å². The molecule has 0 saturated carbocycles. The number of ether oxygens (including phenoxy) is 2. The van der Waals surface area contributed by atoms with Gasteiger partial charge in [0.05, 0.1) is 19.6 Å². The summed E-state index contributed by atoms with van der Waals surface area (Å²) in [7, 11) is 0. The third-order valence-corrected chi connectivity index (χ3v) is 3.13. The van der Waals surface area contributed by atoms with Gasteiger partial charge in [-0.05, 0) is 24.1 Å². The fourth-order valence-electron chi connectivity index (χ4n) is 2.23. The van der Waals surface area contributed by atoms with E-state index in [2.05, 4.69) is 0 Å². The average Bonchev–Trinajstić information content (AvgIpc) is 2.72. The molecule has 0 unspecified atom stereocenters. The van der Waals surface area contributed by atoms with E-state index in [1.807, 2.05) is 19.1 Å². The maximum atomic E-state index is 10.9. The van der Waals surface area contributed by atoms with Crippen LogP contribution in [0.15, 0.2) is 18.2 Å². The van der Waals surface area contributed by atoms with Crippen LogP contribution in [0, 0.1) is 6.92 Å². The van der Waals surface area contributed by atoms with Crippen molar-refractivity contribution < 1.29 is 19.4 Å². The molecule has 0 aliphatic carbocycles. The number of hydrogen-bond acceptors (Lipinski definition) is 4. The molecule has 0 radical (unpaired) electrons. The number of carbonyl (C=O) groups is 1. The van der Waals surface area contributed by atoms with Gasteiger partial charge in [-0.2, -0.15) is 0 Å². The minimum Gasteiger partial charge on any atom is -0.481 e.